The van der Waals surface area contributed by atoms with Crippen LogP contribution < -0.4 is 0 Å². The summed E-state index contributed by atoms with van der Waals surface area (Å²) in [5, 5.41) is 9.74. The van der Waals surface area contributed by atoms with Crippen LogP contribution in [-0.2, 0) is 4.79 Å². The molecular formula is C15H18N4O2S. The number of thioether (sulfide) groups is 1. The van der Waals surface area contributed by atoms with Crippen molar-refractivity contribution in [3.05, 3.63) is 35.0 Å². The molecule has 3 rings (SSSR count). The van der Waals surface area contributed by atoms with Crippen LogP contribution in [0.3, 0.4) is 0 Å². The molecular weight excluding hydrogens is 300 g/mol. The maximum atomic E-state index is 12.0. The number of carbonyl (C=O) groups excluding carboxylic acids is 1. The summed E-state index contributed by atoms with van der Waals surface area (Å²) in [6, 6.07) is 5.61. The highest BCUT2D eigenvalue weighted by Crippen LogP contribution is 2.30. The van der Waals surface area contributed by atoms with Crippen molar-refractivity contribution in [1.82, 2.24) is 14.8 Å². The predicted octanol–water partition coefficient (Wildman–Crippen LogP) is 0.662. The molecule has 0 atom stereocenters. The molecule has 1 saturated heterocycles. The summed E-state index contributed by atoms with van der Waals surface area (Å²) in [5.41, 5.74) is 0.766. The van der Waals surface area contributed by atoms with E-state index in [1.807, 2.05) is 18.2 Å². The first-order valence-electron chi connectivity index (χ1n) is 7.28. The SMILES string of the molecule is O=C1N=C(N2CCN(CCO)CC2)SC1=Cc1ccccn1. The van der Waals surface area contributed by atoms with E-state index in [9.17, 15) is 4.79 Å². The van der Waals surface area contributed by atoms with Crippen molar-refractivity contribution in [3.8, 4) is 0 Å². The number of hydrogen-bond acceptors (Lipinski definition) is 6. The number of carbonyl (C=O) groups is 1. The molecule has 0 unspecified atom stereocenters. The standard InChI is InChI=1S/C15H18N4O2S/c20-10-9-18-5-7-19(8-6-18)15-17-14(21)13(22-15)11-12-3-1-2-4-16-12/h1-4,11,20H,5-10H2. The van der Waals surface area contributed by atoms with Gasteiger partial charge >= 0.3 is 0 Å². The minimum absolute atomic E-state index is 0.186. The van der Waals surface area contributed by atoms with Gasteiger partial charge < -0.3 is 10.0 Å². The van der Waals surface area contributed by atoms with Gasteiger partial charge in [-0.2, -0.15) is 4.99 Å². The van der Waals surface area contributed by atoms with E-state index in [1.54, 1.807) is 12.3 Å². The lowest BCUT2D eigenvalue weighted by molar-refractivity contribution is -0.113. The fourth-order valence-electron chi connectivity index (χ4n) is 2.43. The monoisotopic (exact) mass is 318 g/mol. The number of amides is 1. The number of pyridine rings is 1. The Balaban J connectivity index is 1.62. The van der Waals surface area contributed by atoms with Gasteiger partial charge in [0.2, 0.25) is 0 Å². The molecule has 1 amide bonds. The quantitative estimate of drug-likeness (QED) is 0.826. The van der Waals surface area contributed by atoms with Gasteiger partial charge in [0.15, 0.2) is 5.17 Å². The minimum atomic E-state index is -0.191. The van der Waals surface area contributed by atoms with Gasteiger partial charge in [-0.25, -0.2) is 0 Å². The van der Waals surface area contributed by atoms with Crippen molar-refractivity contribution in [2.75, 3.05) is 39.3 Å². The number of rotatable bonds is 3. The first-order valence-corrected chi connectivity index (χ1v) is 8.09. The second-order valence-corrected chi connectivity index (χ2v) is 6.13. The molecule has 0 radical (unpaired) electrons. The van der Waals surface area contributed by atoms with Gasteiger partial charge in [0, 0.05) is 38.9 Å². The molecule has 2 aliphatic rings. The van der Waals surface area contributed by atoms with Crippen LogP contribution in [0.1, 0.15) is 5.69 Å². The van der Waals surface area contributed by atoms with E-state index in [-0.39, 0.29) is 12.5 Å². The molecule has 2 aliphatic heterocycles. The Morgan fingerprint density at radius 3 is 2.77 bits per heavy atom. The average Bonchev–Trinajstić information content (AvgIpc) is 2.90. The normalized spacial score (nSPS) is 21.5. The van der Waals surface area contributed by atoms with Crippen molar-refractivity contribution in [1.29, 1.82) is 0 Å². The van der Waals surface area contributed by atoms with E-state index in [1.165, 1.54) is 11.8 Å². The summed E-state index contributed by atoms with van der Waals surface area (Å²) < 4.78 is 0. The maximum Gasteiger partial charge on any atom is 0.286 e. The smallest absolute Gasteiger partial charge is 0.286 e. The molecule has 1 aromatic rings. The third kappa shape index (κ3) is 3.55. The number of aromatic nitrogens is 1. The number of hydrogen-bond donors (Lipinski definition) is 1. The van der Waals surface area contributed by atoms with Gasteiger partial charge in [0.05, 0.1) is 17.2 Å². The molecule has 1 aromatic heterocycles. The number of β-amino-alcohol motifs (C(OH)–C–C–N with tert-alkyl or cyclic N) is 1. The predicted molar refractivity (Wildman–Crippen MR) is 87.3 cm³/mol. The van der Waals surface area contributed by atoms with E-state index in [0.717, 1.165) is 37.0 Å². The molecule has 0 saturated carbocycles. The van der Waals surface area contributed by atoms with Crippen molar-refractivity contribution in [2.45, 2.75) is 0 Å². The van der Waals surface area contributed by atoms with E-state index in [0.29, 0.717) is 11.4 Å². The lowest BCUT2D eigenvalue weighted by Gasteiger charge is -2.34. The largest absolute Gasteiger partial charge is 0.395 e. The van der Waals surface area contributed by atoms with Gasteiger partial charge in [-0.05, 0) is 30.0 Å². The van der Waals surface area contributed by atoms with Gasteiger partial charge in [-0.15, -0.1) is 0 Å². The van der Waals surface area contributed by atoms with Crippen LogP contribution in [0, 0.1) is 0 Å². The van der Waals surface area contributed by atoms with Crippen molar-refractivity contribution < 1.29 is 9.90 Å². The Morgan fingerprint density at radius 2 is 2.09 bits per heavy atom. The summed E-state index contributed by atoms with van der Waals surface area (Å²) in [6.45, 7) is 4.32. The molecule has 7 heteroatoms. The van der Waals surface area contributed by atoms with Crippen LogP contribution in [0.2, 0.25) is 0 Å². The number of aliphatic hydroxyl groups excluding tert-OH is 1. The first kappa shape index (κ1) is 15.2. The minimum Gasteiger partial charge on any atom is -0.395 e. The van der Waals surface area contributed by atoms with Crippen molar-refractivity contribution in [2.24, 2.45) is 4.99 Å². The lowest BCUT2D eigenvalue weighted by Crippen LogP contribution is -2.48. The summed E-state index contributed by atoms with van der Waals surface area (Å²) in [5.74, 6) is -0.191. The van der Waals surface area contributed by atoms with Gasteiger partial charge in [-0.3, -0.25) is 14.7 Å². The molecule has 0 aromatic carbocycles. The van der Waals surface area contributed by atoms with Crippen LogP contribution >= 0.6 is 11.8 Å². The lowest BCUT2D eigenvalue weighted by atomic mass is 10.3. The highest BCUT2D eigenvalue weighted by molar-refractivity contribution is 8.18. The molecule has 0 aliphatic carbocycles. The highest BCUT2D eigenvalue weighted by atomic mass is 32.2. The van der Waals surface area contributed by atoms with Gasteiger partial charge in [0.1, 0.15) is 0 Å². The second kappa shape index (κ2) is 7.04. The molecule has 0 spiro atoms. The molecule has 1 fully saturated rings. The molecule has 6 nitrogen and oxygen atoms in total. The third-order valence-corrected chi connectivity index (χ3v) is 4.68. The number of aliphatic hydroxyl groups is 1. The Labute approximate surface area is 133 Å². The zero-order valence-electron chi connectivity index (χ0n) is 12.2. The first-order chi connectivity index (χ1) is 10.8. The van der Waals surface area contributed by atoms with Crippen molar-refractivity contribution >= 4 is 28.9 Å². The van der Waals surface area contributed by atoms with Crippen LogP contribution in [0.25, 0.3) is 6.08 Å². The number of aliphatic imine (C=N–C) groups is 1. The Hall–Kier alpha value is -1.70. The number of amidine groups is 1. The zero-order valence-corrected chi connectivity index (χ0v) is 13.0. The second-order valence-electron chi connectivity index (χ2n) is 5.12. The van der Waals surface area contributed by atoms with Crippen molar-refractivity contribution in [3.63, 3.8) is 0 Å². The summed E-state index contributed by atoms with van der Waals surface area (Å²) in [7, 11) is 0. The van der Waals surface area contributed by atoms with Crippen LogP contribution in [0.5, 0.6) is 0 Å². The summed E-state index contributed by atoms with van der Waals surface area (Å²) in [6.07, 6.45) is 3.49. The zero-order chi connectivity index (χ0) is 15.4. The topological polar surface area (TPSA) is 69.0 Å². The molecule has 0 bridgehead atoms. The molecule has 116 valence electrons. The van der Waals surface area contributed by atoms with Gasteiger partial charge in [-0.1, -0.05) is 6.07 Å². The van der Waals surface area contributed by atoms with E-state index in [4.69, 9.17) is 5.11 Å². The third-order valence-electron chi connectivity index (χ3n) is 3.64. The molecule has 22 heavy (non-hydrogen) atoms. The summed E-state index contributed by atoms with van der Waals surface area (Å²) in [4.78, 5) is 25.4. The van der Waals surface area contributed by atoms with E-state index in [2.05, 4.69) is 19.8 Å². The van der Waals surface area contributed by atoms with Gasteiger partial charge in [0.25, 0.3) is 5.91 Å². The maximum absolute atomic E-state index is 12.0. The highest BCUT2D eigenvalue weighted by Gasteiger charge is 2.28. The van der Waals surface area contributed by atoms with Crippen LogP contribution in [0.15, 0.2) is 34.3 Å². The Kier molecular flexibility index (Phi) is 4.87. The average molecular weight is 318 g/mol. The Morgan fingerprint density at radius 1 is 1.27 bits per heavy atom. The summed E-state index contributed by atoms with van der Waals surface area (Å²) >= 11 is 1.41. The number of nitrogens with zero attached hydrogens (tertiary/aromatic N) is 4. The van der Waals surface area contributed by atoms with E-state index >= 15 is 0 Å². The van der Waals surface area contributed by atoms with Crippen LogP contribution in [-0.4, -0.2) is 70.3 Å². The van der Waals surface area contributed by atoms with Crippen LogP contribution in [0.4, 0.5) is 0 Å². The molecule has 1 N–H and O–H groups in total. The number of piperazine rings is 1. The molecule has 3 heterocycles. The fraction of sp³-hybridized carbons (Fsp3) is 0.400. The fourth-order valence-corrected chi connectivity index (χ4v) is 3.38. The Bertz CT molecular complexity index is 595. The van der Waals surface area contributed by atoms with E-state index < -0.39 is 0 Å².